The second-order valence-electron chi connectivity index (χ2n) is 5.16. The SMILES string of the molecule is CC1CN(c2ccc3nccc(Cl)c3c2)CC(C)O1. The van der Waals surface area contributed by atoms with E-state index < -0.39 is 0 Å². The van der Waals surface area contributed by atoms with Crippen LogP contribution in [0.25, 0.3) is 10.9 Å². The van der Waals surface area contributed by atoms with E-state index in [2.05, 4.69) is 35.9 Å². The molecule has 0 amide bonds. The number of morpholine rings is 1. The third-order valence-corrected chi connectivity index (χ3v) is 3.79. The second kappa shape index (κ2) is 4.99. The molecule has 3 rings (SSSR count). The minimum atomic E-state index is 0.254. The van der Waals surface area contributed by atoms with Gasteiger partial charge in [-0.3, -0.25) is 4.98 Å². The van der Waals surface area contributed by atoms with Crippen LogP contribution in [-0.4, -0.2) is 30.3 Å². The zero-order valence-corrected chi connectivity index (χ0v) is 11.9. The highest BCUT2D eigenvalue weighted by atomic mass is 35.5. The maximum atomic E-state index is 6.24. The van der Waals surface area contributed by atoms with Gasteiger partial charge in [0.25, 0.3) is 0 Å². The molecule has 100 valence electrons. The van der Waals surface area contributed by atoms with Crippen molar-refractivity contribution in [3.63, 3.8) is 0 Å². The molecule has 2 aromatic rings. The van der Waals surface area contributed by atoms with Gasteiger partial charge in [-0.2, -0.15) is 0 Å². The Balaban J connectivity index is 1.98. The molecule has 2 unspecified atom stereocenters. The summed E-state index contributed by atoms with van der Waals surface area (Å²) in [7, 11) is 0. The van der Waals surface area contributed by atoms with Crippen molar-refractivity contribution >= 4 is 28.2 Å². The molecule has 1 aromatic carbocycles. The molecular weight excluding hydrogens is 260 g/mol. The maximum Gasteiger partial charge on any atom is 0.0726 e. The van der Waals surface area contributed by atoms with Crippen LogP contribution in [0.4, 0.5) is 5.69 Å². The van der Waals surface area contributed by atoms with Crippen molar-refractivity contribution in [3.8, 4) is 0 Å². The molecule has 1 aliphatic rings. The van der Waals surface area contributed by atoms with Crippen LogP contribution in [-0.2, 0) is 4.74 Å². The smallest absolute Gasteiger partial charge is 0.0726 e. The van der Waals surface area contributed by atoms with E-state index in [0.717, 1.165) is 29.0 Å². The molecule has 2 atom stereocenters. The molecule has 1 aromatic heterocycles. The van der Waals surface area contributed by atoms with Crippen LogP contribution in [0.3, 0.4) is 0 Å². The first kappa shape index (κ1) is 12.7. The number of hydrogen-bond donors (Lipinski definition) is 0. The largest absolute Gasteiger partial charge is 0.372 e. The molecule has 1 aliphatic heterocycles. The van der Waals surface area contributed by atoms with E-state index in [4.69, 9.17) is 16.3 Å². The summed E-state index contributed by atoms with van der Waals surface area (Å²) in [6.07, 6.45) is 2.25. The average molecular weight is 277 g/mol. The van der Waals surface area contributed by atoms with Crippen molar-refractivity contribution in [1.29, 1.82) is 0 Å². The number of anilines is 1. The number of halogens is 1. The highest BCUT2D eigenvalue weighted by Crippen LogP contribution is 2.28. The summed E-state index contributed by atoms with van der Waals surface area (Å²) in [5, 5.41) is 1.76. The predicted octanol–water partition coefficient (Wildman–Crippen LogP) is 3.50. The third-order valence-electron chi connectivity index (χ3n) is 3.46. The molecule has 0 aliphatic carbocycles. The molecule has 1 saturated heterocycles. The van der Waals surface area contributed by atoms with Crippen molar-refractivity contribution < 1.29 is 4.74 Å². The lowest BCUT2D eigenvalue weighted by molar-refractivity contribution is -0.00520. The Kier molecular flexibility index (Phi) is 3.33. The summed E-state index contributed by atoms with van der Waals surface area (Å²) in [6, 6.07) is 8.09. The fourth-order valence-corrected chi connectivity index (χ4v) is 2.89. The number of aromatic nitrogens is 1. The second-order valence-corrected chi connectivity index (χ2v) is 5.56. The number of benzene rings is 1. The Morgan fingerprint density at radius 3 is 2.68 bits per heavy atom. The van der Waals surface area contributed by atoms with Gasteiger partial charge in [-0.15, -0.1) is 0 Å². The summed E-state index contributed by atoms with van der Waals surface area (Å²) >= 11 is 6.24. The van der Waals surface area contributed by atoms with Gasteiger partial charge in [0, 0.05) is 30.4 Å². The Morgan fingerprint density at radius 2 is 1.95 bits per heavy atom. The average Bonchev–Trinajstić information content (AvgIpc) is 2.38. The van der Waals surface area contributed by atoms with Crippen LogP contribution in [0.5, 0.6) is 0 Å². The highest BCUT2D eigenvalue weighted by molar-refractivity contribution is 6.35. The molecule has 1 fully saturated rings. The maximum absolute atomic E-state index is 6.24. The number of nitrogens with zero attached hydrogens (tertiary/aromatic N) is 2. The minimum absolute atomic E-state index is 0.254. The lowest BCUT2D eigenvalue weighted by Gasteiger charge is -2.37. The molecule has 0 saturated carbocycles. The van der Waals surface area contributed by atoms with Gasteiger partial charge in [0.05, 0.1) is 22.7 Å². The van der Waals surface area contributed by atoms with Crippen molar-refractivity contribution in [2.45, 2.75) is 26.1 Å². The first-order valence-corrected chi connectivity index (χ1v) is 6.96. The number of rotatable bonds is 1. The Labute approximate surface area is 118 Å². The van der Waals surface area contributed by atoms with Crippen LogP contribution in [0.1, 0.15) is 13.8 Å². The normalized spacial score (nSPS) is 23.8. The van der Waals surface area contributed by atoms with Crippen molar-refractivity contribution in [3.05, 3.63) is 35.5 Å². The van der Waals surface area contributed by atoms with E-state index in [1.54, 1.807) is 6.20 Å². The van der Waals surface area contributed by atoms with Crippen LogP contribution in [0.2, 0.25) is 5.02 Å². The quantitative estimate of drug-likeness (QED) is 0.797. The van der Waals surface area contributed by atoms with Gasteiger partial charge in [-0.05, 0) is 38.1 Å². The monoisotopic (exact) mass is 276 g/mol. The molecule has 0 N–H and O–H groups in total. The van der Waals surface area contributed by atoms with E-state index in [1.165, 1.54) is 5.69 Å². The van der Waals surface area contributed by atoms with E-state index in [1.807, 2.05) is 12.1 Å². The van der Waals surface area contributed by atoms with Gasteiger partial charge in [-0.25, -0.2) is 0 Å². The van der Waals surface area contributed by atoms with Crippen LogP contribution < -0.4 is 4.90 Å². The van der Waals surface area contributed by atoms with Crippen molar-refractivity contribution in [1.82, 2.24) is 4.98 Å². The van der Waals surface area contributed by atoms with E-state index >= 15 is 0 Å². The Bertz CT molecular complexity index is 592. The van der Waals surface area contributed by atoms with Gasteiger partial charge in [-0.1, -0.05) is 11.6 Å². The van der Waals surface area contributed by atoms with Crippen LogP contribution >= 0.6 is 11.6 Å². The predicted molar refractivity (Wildman–Crippen MR) is 79.0 cm³/mol. The van der Waals surface area contributed by atoms with Gasteiger partial charge in [0.15, 0.2) is 0 Å². The third kappa shape index (κ3) is 2.53. The number of hydrogen-bond acceptors (Lipinski definition) is 3. The molecule has 2 heterocycles. The standard InChI is InChI=1S/C15H17ClN2O/c1-10-8-18(9-11(2)19-10)12-3-4-15-13(7-12)14(16)5-6-17-15/h3-7,10-11H,8-9H2,1-2H3. The number of fused-ring (bicyclic) bond motifs is 1. The Hall–Kier alpha value is -1.32. The fourth-order valence-electron chi connectivity index (χ4n) is 2.69. The molecule has 4 heteroatoms. The van der Waals surface area contributed by atoms with E-state index in [0.29, 0.717) is 0 Å². The molecule has 0 radical (unpaired) electrons. The molecule has 0 spiro atoms. The van der Waals surface area contributed by atoms with Gasteiger partial charge >= 0.3 is 0 Å². The molecular formula is C15H17ClN2O. The van der Waals surface area contributed by atoms with E-state index in [-0.39, 0.29) is 12.2 Å². The molecule has 19 heavy (non-hydrogen) atoms. The fraction of sp³-hybridized carbons (Fsp3) is 0.400. The van der Waals surface area contributed by atoms with Gasteiger partial charge in [0.2, 0.25) is 0 Å². The lowest BCUT2D eigenvalue weighted by Crippen LogP contribution is -2.45. The summed E-state index contributed by atoms with van der Waals surface area (Å²) in [4.78, 5) is 6.68. The van der Waals surface area contributed by atoms with Crippen LogP contribution in [0.15, 0.2) is 30.5 Å². The molecule has 0 bridgehead atoms. The van der Waals surface area contributed by atoms with Crippen molar-refractivity contribution in [2.75, 3.05) is 18.0 Å². The molecule has 3 nitrogen and oxygen atoms in total. The Morgan fingerprint density at radius 1 is 1.21 bits per heavy atom. The summed E-state index contributed by atoms with van der Waals surface area (Å²) in [6.45, 7) is 6.04. The first-order valence-electron chi connectivity index (χ1n) is 6.58. The lowest BCUT2D eigenvalue weighted by atomic mass is 10.1. The van der Waals surface area contributed by atoms with Crippen LogP contribution in [0, 0.1) is 0 Å². The summed E-state index contributed by atoms with van der Waals surface area (Å²) in [5.41, 5.74) is 2.12. The summed E-state index contributed by atoms with van der Waals surface area (Å²) in [5.74, 6) is 0. The zero-order valence-electron chi connectivity index (χ0n) is 11.1. The highest BCUT2D eigenvalue weighted by Gasteiger charge is 2.22. The minimum Gasteiger partial charge on any atom is -0.372 e. The number of ether oxygens (including phenoxy) is 1. The van der Waals surface area contributed by atoms with Gasteiger partial charge in [0.1, 0.15) is 0 Å². The van der Waals surface area contributed by atoms with Gasteiger partial charge < -0.3 is 9.64 Å². The summed E-state index contributed by atoms with van der Waals surface area (Å²) < 4.78 is 5.77. The topological polar surface area (TPSA) is 25.4 Å². The van der Waals surface area contributed by atoms with Crippen molar-refractivity contribution in [2.24, 2.45) is 0 Å². The zero-order chi connectivity index (χ0) is 13.4. The first-order chi connectivity index (χ1) is 9.13. The van der Waals surface area contributed by atoms with E-state index in [9.17, 15) is 0 Å². The number of pyridine rings is 1.